The van der Waals surface area contributed by atoms with Gasteiger partial charge in [0.25, 0.3) is 0 Å². The monoisotopic (exact) mass is 565 g/mol. The van der Waals surface area contributed by atoms with E-state index in [-0.39, 0.29) is 12.8 Å². The normalized spacial score (nSPS) is 15.1. The Hall–Kier alpha value is -3.45. The summed E-state index contributed by atoms with van der Waals surface area (Å²) in [4.78, 5) is 29.3. The molecule has 9 heteroatoms. The zero-order valence-electron chi connectivity index (χ0n) is 20.3. The van der Waals surface area contributed by atoms with Gasteiger partial charge in [0.05, 0.1) is 23.7 Å². The molecule has 1 amide bonds. The van der Waals surface area contributed by atoms with Gasteiger partial charge in [0.1, 0.15) is 0 Å². The van der Waals surface area contributed by atoms with Gasteiger partial charge < -0.3 is 5.11 Å². The number of fused-ring (bicyclic) bond motifs is 1. The number of hydrazone groups is 1. The third-order valence-corrected chi connectivity index (χ3v) is 7.32. The largest absolute Gasteiger partial charge is 0.481 e. The van der Waals surface area contributed by atoms with Crippen molar-refractivity contribution in [1.82, 2.24) is 9.99 Å². The Bertz CT molecular complexity index is 1610. The first kappa shape index (κ1) is 26.2. The van der Waals surface area contributed by atoms with E-state index in [9.17, 15) is 9.59 Å². The first-order chi connectivity index (χ1) is 18.2. The highest BCUT2D eigenvalue weighted by atomic mass is 35.5. The fourth-order valence-electron chi connectivity index (χ4n) is 4.85. The molecule has 192 valence electrons. The van der Waals surface area contributed by atoms with E-state index in [1.165, 1.54) is 5.01 Å². The fourth-order valence-corrected chi connectivity index (χ4v) is 5.56. The molecule has 0 saturated heterocycles. The smallest absolute Gasteiger partial charge is 0.303 e. The number of carboxylic acid groups (broad SMARTS) is 1. The van der Waals surface area contributed by atoms with Gasteiger partial charge in [-0.05, 0) is 48.4 Å². The molecule has 0 aliphatic carbocycles. The van der Waals surface area contributed by atoms with Gasteiger partial charge in [-0.3, -0.25) is 14.6 Å². The van der Waals surface area contributed by atoms with Crippen LogP contribution in [0.1, 0.15) is 42.1 Å². The van der Waals surface area contributed by atoms with Gasteiger partial charge in [-0.25, -0.2) is 5.01 Å². The molecule has 1 aliphatic heterocycles. The molecule has 0 fully saturated rings. The second kappa shape index (κ2) is 10.7. The summed E-state index contributed by atoms with van der Waals surface area (Å²) in [6, 6.07) is 20.0. The molecule has 0 radical (unpaired) electrons. The van der Waals surface area contributed by atoms with E-state index < -0.39 is 17.9 Å². The van der Waals surface area contributed by atoms with E-state index >= 15 is 0 Å². The van der Waals surface area contributed by atoms with Gasteiger partial charge in [-0.15, -0.1) is 0 Å². The van der Waals surface area contributed by atoms with Crippen LogP contribution in [0.4, 0.5) is 0 Å². The van der Waals surface area contributed by atoms with Crippen molar-refractivity contribution in [3.63, 3.8) is 0 Å². The number of amides is 1. The van der Waals surface area contributed by atoms with E-state index in [1.807, 2.05) is 49.4 Å². The molecule has 1 atom stereocenters. The predicted molar refractivity (Wildman–Crippen MR) is 151 cm³/mol. The summed E-state index contributed by atoms with van der Waals surface area (Å²) in [7, 11) is 0. The fraction of sp³-hybridized carbons (Fsp3) is 0.172. The molecule has 1 aromatic heterocycles. The van der Waals surface area contributed by atoms with Crippen LogP contribution >= 0.6 is 34.8 Å². The number of benzene rings is 3. The van der Waals surface area contributed by atoms with Crippen molar-refractivity contribution in [2.45, 2.75) is 32.2 Å². The third kappa shape index (κ3) is 5.12. The minimum Gasteiger partial charge on any atom is -0.481 e. The number of pyridine rings is 1. The summed E-state index contributed by atoms with van der Waals surface area (Å²) < 4.78 is 0. The Morgan fingerprint density at radius 3 is 2.37 bits per heavy atom. The average molecular weight is 567 g/mol. The van der Waals surface area contributed by atoms with Crippen LogP contribution in [0.2, 0.25) is 15.1 Å². The number of hydrogen-bond donors (Lipinski definition) is 1. The lowest BCUT2D eigenvalue weighted by molar-refractivity contribution is -0.141. The summed E-state index contributed by atoms with van der Waals surface area (Å²) in [5.41, 5.74) is 5.53. The SMILES string of the molecule is Cc1nc2ccc(Cl)cc2c(-c2ccccc2)c1C1=NN(C(=O)CCC(=O)O)[C@@H](c2ccc(Cl)cc2Cl)C1. The maximum absolute atomic E-state index is 13.2. The van der Waals surface area contributed by atoms with Crippen molar-refractivity contribution in [3.05, 3.63) is 98.6 Å². The quantitative estimate of drug-likeness (QED) is 0.259. The molecule has 0 unspecified atom stereocenters. The predicted octanol–water partition coefficient (Wildman–Crippen LogP) is 7.71. The minimum absolute atomic E-state index is 0.191. The van der Waals surface area contributed by atoms with E-state index in [0.717, 1.165) is 33.3 Å². The Morgan fingerprint density at radius 1 is 0.947 bits per heavy atom. The van der Waals surface area contributed by atoms with Crippen LogP contribution in [0.3, 0.4) is 0 Å². The Morgan fingerprint density at radius 2 is 1.66 bits per heavy atom. The highest BCUT2D eigenvalue weighted by Crippen LogP contribution is 2.42. The van der Waals surface area contributed by atoms with Gasteiger partial charge in [0.15, 0.2) is 0 Å². The van der Waals surface area contributed by atoms with E-state index in [4.69, 9.17) is 50.0 Å². The number of carbonyl (C=O) groups is 2. The molecule has 5 rings (SSSR count). The molecular formula is C29H22Cl3N3O3. The summed E-state index contributed by atoms with van der Waals surface area (Å²) in [5, 5.41) is 17.6. The summed E-state index contributed by atoms with van der Waals surface area (Å²) >= 11 is 19.1. The molecule has 0 saturated carbocycles. The number of hydrogen-bond acceptors (Lipinski definition) is 4. The third-order valence-electron chi connectivity index (χ3n) is 6.52. The molecule has 6 nitrogen and oxygen atoms in total. The minimum atomic E-state index is -1.05. The van der Waals surface area contributed by atoms with Crippen molar-refractivity contribution in [1.29, 1.82) is 0 Å². The van der Waals surface area contributed by atoms with Gasteiger partial charge in [0.2, 0.25) is 5.91 Å². The topological polar surface area (TPSA) is 82.9 Å². The van der Waals surface area contributed by atoms with E-state index in [0.29, 0.717) is 32.8 Å². The lowest BCUT2D eigenvalue weighted by Crippen LogP contribution is -2.27. The summed E-state index contributed by atoms with van der Waals surface area (Å²) in [5.74, 6) is -1.46. The summed E-state index contributed by atoms with van der Waals surface area (Å²) in [6.07, 6.45) is -0.135. The second-order valence-electron chi connectivity index (χ2n) is 9.04. The second-order valence-corrected chi connectivity index (χ2v) is 10.3. The number of halogens is 3. The zero-order valence-corrected chi connectivity index (χ0v) is 22.6. The number of aromatic nitrogens is 1. The van der Waals surface area contributed by atoms with E-state index in [1.54, 1.807) is 24.3 Å². The molecule has 1 N–H and O–H groups in total. The van der Waals surface area contributed by atoms with Crippen molar-refractivity contribution in [2.75, 3.05) is 0 Å². The molecule has 38 heavy (non-hydrogen) atoms. The zero-order chi connectivity index (χ0) is 27.0. The molecule has 4 aromatic rings. The van der Waals surface area contributed by atoms with Crippen molar-refractivity contribution in [3.8, 4) is 11.1 Å². The van der Waals surface area contributed by atoms with Crippen LogP contribution in [0.25, 0.3) is 22.0 Å². The average Bonchev–Trinajstić information content (AvgIpc) is 3.32. The van der Waals surface area contributed by atoms with Crippen LogP contribution < -0.4 is 0 Å². The van der Waals surface area contributed by atoms with Gasteiger partial charge in [-0.2, -0.15) is 5.10 Å². The van der Waals surface area contributed by atoms with Crippen LogP contribution in [0.5, 0.6) is 0 Å². The van der Waals surface area contributed by atoms with Crippen molar-refractivity contribution >= 4 is 63.3 Å². The molecule has 2 heterocycles. The number of carbonyl (C=O) groups excluding carboxylic acids is 1. The molecule has 1 aliphatic rings. The summed E-state index contributed by atoms with van der Waals surface area (Å²) in [6.45, 7) is 1.91. The number of aryl methyl sites for hydroxylation is 1. The highest BCUT2D eigenvalue weighted by Gasteiger charge is 2.36. The lowest BCUT2D eigenvalue weighted by atomic mass is 9.89. The molecule has 0 spiro atoms. The Balaban J connectivity index is 1.70. The van der Waals surface area contributed by atoms with Crippen LogP contribution in [0.15, 0.2) is 71.8 Å². The highest BCUT2D eigenvalue weighted by molar-refractivity contribution is 6.35. The Kier molecular flexibility index (Phi) is 7.39. The molecule has 0 bridgehead atoms. The number of rotatable bonds is 6. The maximum atomic E-state index is 13.2. The Labute approximate surface area is 234 Å². The van der Waals surface area contributed by atoms with Crippen LogP contribution in [-0.4, -0.2) is 32.7 Å². The number of aliphatic carboxylic acids is 1. The number of nitrogens with zero attached hydrogens (tertiary/aromatic N) is 3. The first-order valence-corrected chi connectivity index (χ1v) is 13.1. The maximum Gasteiger partial charge on any atom is 0.303 e. The van der Waals surface area contributed by atoms with Crippen molar-refractivity contribution < 1.29 is 14.7 Å². The molecular weight excluding hydrogens is 545 g/mol. The molecule has 3 aromatic carbocycles. The van der Waals surface area contributed by atoms with Gasteiger partial charge >= 0.3 is 5.97 Å². The number of carboxylic acids is 1. The van der Waals surface area contributed by atoms with Crippen LogP contribution in [0, 0.1) is 6.92 Å². The lowest BCUT2D eigenvalue weighted by Gasteiger charge is -2.23. The van der Waals surface area contributed by atoms with Crippen LogP contribution in [-0.2, 0) is 9.59 Å². The standard InChI is InChI=1S/C29H22Cl3N3O3/c1-16-28(29(17-5-3-2-4-6-17)21-13-18(30)8-10-23(21)33-16)24-15-25(20-9-7-19(31)14-22(20)32)35(34-24)26(36)11-12-27(37)38/h2-10,13-14,25H,11-12,15H2,1H3,(H,37,38)/t25-/m1/s1. The van der Waals surface area contributed by atoms with E-state index in [2.05, 4.69) is 0 Å². The van der Waals surface area contributed by atoms with Crippen molar-refractivity contribution in [2.24, 2.45) is 5.10 Å². The first-order valence-electron chi connectivity index (χ1n) is 11.9. The van der Waals surface area contributed by atoms with Gasteiger partial charge in [-0.1, -0.05) is 71.2 Å². The van der Waals surface area contributed by atoms with Gasteiger partial charge in [0, 0.05) is 50.1 Å².